The van der Waals surface area contributed by atoms with Crippen molar-refractivity contribution in [2.75, 3.05) is 19.0 Å². The highest BCUT2D eigenvalue weighted by Crippen LogP contribution is 2.16. The largest absolute Gasteiger partial charge is 0.363 e. The van der Waals surface area contributed by atoms with Crippen LogP contribution in [-0.2, 0) is 0 Å². The molecular formula is C7H8BrFN2. The topological polar surface area (TPSA) is 16.1 Å². The van der Waals surface area contributed by atoms with Gasteiger partial charge in [-0.05, 0) is 28.1 Å². The van der Waals surface area contributed by atoms with Crippen LogP contribution in [0.2, 0.25) is 0 Å². The molecule has 0 N–H and O–H groups in total. The van der Waals surface area contributed by atoms with Crippen molar-refractivity contribution >= 4 is 21.7 Å². The molecule has 0 saturated carbocycles. The normalized spacial score (nSPS) is 9.82. The summed E-state index contributed by atoms with van der Waals surface area (Å²) in [5.74, 6) is 0.141. The van der Waals surface area contributed by atoms with Crippen molar-refractivity contribution in [1.82, 2.24) is 4.98 Å². The molecule has 60 valence electrons. The van der Waals surface area contributed by atoms with Gasteiger partial charge in [-0.2, -0.15) is 4.39 Å². The Morgan fingerprint density at radius 1 is 1.45 bits per heavy atom. The predicted octanol–water partition coefficient (Wildman–Crippen LogP) is 2.05. The molecule has 1 rings (SSSR count). The lowest BCUT2D eigenvalue weighted by molar-refractivity contribution is 0.576. The fourth-order valence-corrected chi connectivity index (χ4v) is 0.878. The van der Waals surface area contributed by atoms with Gasteiger partial charge < -0.3 is 4.90 Å². The van der Waals surface area contributed by atoms with Crippen LogP contribution in [0, 0.1) is 5.95 Å². The summed E-state index contributed by atoms with van der Waals surface area (Å²) in [6, 6.07) is 3.38. The molecular weight excluding hydrogens is 211 g/mol. The maximum absolute atomic E-state index is 12.8. The van der Waals surface area contributed by atoms with Gasteiger partial charge in [-0.15, -0.1) is 0 Å². The van der Waals surface area contributed by atoms with E-state index in [0.717, 1.165) is 0 Å². The van der Waals surface area contributed by atoms with E-state index in [9.17, 15) is 4.39 Å². The summed E-state index contributed by atoms with van der Waals surface area (Å²) in [4.78, 5) is 5.43. The van der Waals surface area contributed by atoms with E-state index in [1.165, 1.54) is 0 Å². The Hall–Kier alpha value is -0.640. The van der Waals surface area contributed by atoms with E-state index in [2.05, 4.69) is 20.9 Å². The molecule has 11 heavy (non-hydrogen) atoms. The van der Waals surface area contributed by atoms with Gasteiger partial charge in [-0.1, -0.05) is 0 Å². The molecule has 0 aliphatic carbocycles. The lowest BCUT2D eigenvalue weighted by atomic mass is 10.4. The first kappa shape index (κ1) is 8.46. The minimum atomic E-state index is -0.476. The number of rotatable bonds is 1. The Balaban J connectivity index is 3.05. The highest BCUT2D eigenvalue weighted by atomic mass is 79.9. The minimum absolute atomic E-state index is 0.392. The molecule has 1 aromatic rings. The maximum Gasteiger partial charge on any atom is 0.229 e. The molecule has 0 bridgehead atoms. The van der Waals surface area contributed by atoms with Crippen LogP contribution >= 0.6 is 15.9 Å². The van der Waals surface area contributed by atoms with Crippen LogP contribution in [0.3, 0.4) is 0 Å². The molecule has 0 spiro atoms. The minimum Gasteiger partial charge on any atom is -0.363 e. The fourth-order valence-electron chi connectivity index (χ4n) is 0.657. The van der Waals surface area contributed by atoms with Gasteiger partial charge >= 0.3 is 0 Å². The molecule has 0 saturated heterocycles. The number of pyridine rings is 1. The summed E-state index contributed by atoms with van der Waals surface area (Å²) in [6.07, 6.45) is 0. The molecule has 0 aliphatic rings. The third-order valence-electron chi connectivity index (χ3n) is 1.25. The van der Waals surface area contributed by atoms with Gasteiger partial charge in [0, 0.05) is 14.1 Å². The Morgan fingerprint density at radius 2 is 2.09 bits per heavy atom. The number of hydrogen-bond donors (Lipinski definition) is 0. The van der Waals surface area contributed by atoms with Crippen molar-refractivity contribution in [1.29, 1.82) is 0 Å². The van der Waals surface area contributed by atoms with Crippen molar-refractivity contribution < 1.29 is 4.39 Å². The van der Waals surface area contributed by atoms with Crippen LogP contribution < -0.4 is 4.90 Å². The number of nitrogens with zero attached hydrogens (tertiary/aromatic N) is 2. The Labute approximate surface area is 73.2 Å². The van der Waals surface area contributed by atoms with Gasteiger partial charge in [0.05, 0.1) is 4.47 Å². The van der Waals surface area contributed by atoms with Crippen LogP contribution in [0.1, 0.15) is 0 Å². The molecule has 4 heteroatoms. The molecule has 0 fully saturated rings. The highest BCUT2D eigenvalue weighted by molar-refractivity contribution is 9.10. The first-order valence-electron chi connectivity index (χ1n) is 3.10. The zero-order valence-electron chi connectivity index (χ0n) is 6.31. The number of aromatic nitrogens is 1. The smallest absolute Gasteiger partial charge is 0.229 e. The molecule has 0 amide bonds. The third-order valence-corrected chi connectivity index (χ3v) is 1.84. The molecule has 2 nitrogen and oxygen atoms in total. The number of anilines is 1. The quantitative estimate of drug-likeness (QED) is 0.672. The zero-order chi connectivity index (χ0) is 8.43. The van der Waals surface area contributed by atoms with E-state index in [-0.39, 0.29) is 0 Å². The van der Waals surface area contributed by atoms with Gasteiger partial charge in [-0.3, -0.25) is 0 Å². The number of halogens is 2. The van der Waals surface area contributed by atoms with Crippen LogP contribution in [0.4, 0.5) is 10.2 Å². The van der Waals surface area contributed by atoms with Crippen LogP contribution in [0.5, 0.6) is 0 Å². The second-order valence-electron chi connectivity index (χ2n) is 2.34. The van der Waals surface area contributed by atoms with Crippen LogP contribution in [-0.4, -0.2) is 19.1 Å². The third kappa shape index (κ3) is 1.89. The average molecular weight is 219 g/mol. The Bertz CT molecular complexity index is 263. The van der Waals surface area contributed by atoms with Crippen molar-refractivity contribution in [3.8, 4) is 0 Å². The molecule has 1 aromatic heterocycles. The van der Waals surface area contributed by atoms with Crippen molar-refractivity contribution in [2.24, 2.45) is 0 Å². The molecule has 0 atom stereocenters. The molecule has 0 radical (unpaired) electrons. The van der Waals surface area contributed by atoms with E-state index in [4.69, 9.17) is 0 Å². The molecule has 1 heterocycles. The Morgan fingerprint density at radius 3 is 2.55 bits per heavy atom. The summed E-state index contributed by atoms with van der Waals surface area (Å²) in [7, 11) is 3.63. The number of hydrogen-bond acceptors (Lipinski definition) is 2. The fraction of sp³-hybridized carbons (Fsp3) is 0.286. The van der Waals surface area contributed by atoms with Crippen molar-refractivity contribution in [3.05, 3.63) is 22.6 Å². The zero-order valence-corrected chi connectivity index (χ0v) is 7.89. The lowest BCUT2D eigenvalue weighted by Gasteiger charge is -2.10. The summed E-state index contributed by atoms with van der Waals surface area (Å²) < 4.78 is 13.1. The molecule has 0 aliphatic heterocycles. The van der Waals surface area contributed by atoms with Gasteiger partial charge in [0.15, 0.2) is 0 Å². The predicted molar refractivity (Wildman–Crippen MR) is 46.2 cm³/mol. The van der Waals surface area contributed by atoms with Crippen molar-refractivity contribution in [2.45, 2.75) is 0 Å². The van der Waals surface area contributed by atoms with Gasteiger partial charge in [0.2, 0.25) is 5.95 Å². The average Bonchev–Trinajstić information content (AvgIpc) is 1.94. The highest BCUT2D eigenvalue weighted by Gasteiger charge is 2.02. The van der Waals surface area contributed by atoms with Crippen LogP contribution in [0.15, 0.2) is 16.6 Å². The first-order valence-corrected chi connectivity index (χ1v) is 3.90. The summed E-state index contributed by atoms with van der Waals surface area (Å²) in [5.41, 5.74) is 0. The monoisotopic (exact) mass is 218 g/mol. The van der Waals surface area contributed by atoms with Gasteiger partial charge in [0.25, 0.3) is 0 Å². The summed E-state index contributed by atoms with van der Waals surface area (Å²) in [5, 5.41) is 0. The first-order chi connectivity index (χ1) is 5.11. The van der Waals surface area contributed by atoms with Gasteiger partial charge in [0.1, 0.15) is 5.82 Å². The van der Waals surface area contributed by atoms with E-state index >= 15 is 0 Å². The van der Waals surface area contributed by atoms with E-state index < -0.39 is 5.95 Å². The van der Waals surface area contributed by atoms with Crippen LogP contribution in [0.25, 0.3) is 0 Å². The molecule has 0 aromatic carbocycles. The second-order valence-corrected chi connectivity index (χ2v) is 3.19. The van der Waals surface area contributed by atoms with Crippen molar-refractivity contribution in [3.63, 3.8) is 0 Å². The second kappa shape index (κ2) is 3.17. The maximum atomic E-state index is 12.8. The SMILES string of the molecule is CN(C)c1ccc(Br)c(F)n1. The summed E-state index contributed by atoms with van der Waals surface area (Å²) in [6.45, 7) is 0. The standard InChI is InChI=1S/C7H8BrFN2/c1-11(2)6-4-3-5(8)7(9)10-6/h3-4H,1-2H3. The van der Waals surface area contributed by atoms with Gasteiger partial charge in [-0.25, -0.2) is 4.98 Å². The molecule has 0 unspecified atom stereocenters. The van der Waals surface area contributed by atoms with E-state index in [0.29, 0.717) is 10.3 Å². The Kier molecular flexibility index (Phi) is 2.44. The lowest BCUT2D eigenvalue weighted by Crippen LogP contribution is -2.11. The van der Waals surface area contributed by atoms with E-state index in [1.54, 1.807) is 17.0 Å². The van der Waals surface area contributed by atoms with E-state index in [1.807, 2.05) is 14.1 Å². The summed E-state index contributed by atoms with van der Waals surface area (Å²) >= 11 is 3.02.